The Bertz CT molecular complexity index is 352. The van der Waals surface area contributed by atoms with E-state index in [2.05, 4.69) is 10.3 Å². The zero-order valence-electron chi connectivity index (χ0n) is 7.66. The van der Waals surface area contributed by atoms with Crippen molar-refractivity contribution in [3.05, 3.63) is 35.6 Å². The van der Waals surface area contributed by atoms with Gasteiger partial charge in [0, 0.05) is 17.9 Å². The van der Waals surface area contributed by atoms with Crippen LogP contribution in [0.4, 0.5) is 4.39 Å². The molecule has 1 N–H and O–H groups in total. The highest BCUT2D eigenvalue weighted by molar-refractivity contribution is 8.14. The van der Waals surface area contributed by atoms with Gasteiger partial charge in [0.05, 0.1) is 6.54 Å². The minimum absolute atomic E-state index is 0.163. The summed E-state index contributed by atoms with van der Waals surface area (Å²) >= 11 is 1.68. The molecule has 1 aliphatic heterocycles. The predicted molar refractivity (Wildman–Crippen MR) is 58.0 cm³/mol. The molecule has 4 heteroatoms. The first-order chi connectivity index (χ1) is 6.86. The van der Waals surface area contributed by atoms with Gasteiger partial charge in [-0.3, -0.25) is 4.99 Å². The lowest BCUT2D eigenvalue weighted by Crippen LogP contribution is -2.18. The van der Waals surface area contributed by atoms with E-state index in [1.54, 1.807) is 23.9 Å². The summed E-state index contributed by atoms with van der Waals surface area (Å²) in [5, 5.41) is 4.04. The Kier molecular flexibility index (Phi) is 3.03. The van der Waals surface area contributed by atoms with Crippen molar-refractivity contribution < 1.29 is 4.39 Å². The molecule has 1 aromatic carbocycles. The fourth-order valence-corrected chi connectivity index (χ4v) is 1.99. The van der Waals surface area contributed by atoms with Crippen molar-refractivity contribution in [2.75, 3.05) is 12.3 Å². The summed E-state index contributed by atoms with van der Waals surface area (Å²) in [5.74, 6) is 0.864. The van der Waals surface area contributed by atoms with Crippen molar-refractivity contribution in [2.45, 2.75) is 6.54 Å². The molecule has 0 bridgehead atoms. The highest BCUT2D eigenvalue weighted by Crippen LogP contribution is 2.11. The van der Waals surface area contributed by atoms with E-state index in [1.807, 2.05) is 6.07 Å². The summed E-state index contributed by atoms with van der Waals surface area (Å²) in [7, 11) is 0. The van der Waals surface area contributed by atoms with E-state index in [9.17, 15) is 4.39 Å². The molecule has 0 saturated carbocycles. The van der Waals surface area contributed by atoms with Gasteiger partial charge in [0.1, 0.15) is 5.82 Å². The van der Waals surface area contributed by atoms with Crippen molar-refractivity contribution in [2.24, 2.45) is 4.99 Å². The fourth-order valence-electron chi connectivity index (χ4n) is 1.25. The molecule has 2 rings (SSSR count). The van der Waals surface area contributed by atoms with Crippen molar-refractivity contribution >= 4 is 16.9 Å². The van der Waals surface area contributed by atoms with Crippen LogP contribution in [0.25, 0.3) is 0 Å². The molecule has 0 unspecified atom stereocenters. The molecule has 0 radical (unpaired) electrons. The minimum atomic E-state index is -0.163. The second-order valence-corrected chi connectivity index (χ2v) is 4.06. The van der Waals surface area contributed by atoms with E-state index in [1.165, 1.54) is 6.07 Å². The van der Waals surface area contributed by atoms with Gasteiger partial charge in [-0.05, 0) is 6.07 Å². The number of rotatable bonds is 2. The molecule has 0 aromatic heterocycles. The Balaban J connectivity index is 1.94. The van der Waals surface area contributed by atoms with E-state index >= 15 is 0 Å². The molecule has 0 amide bonds. The van der Waals surface area contributed by atoms with Crippen LogP contribution in [0.15, 0.2) is 29.3 Å². The van der Waals surface area contributed by atoms with Crippen LogP contribution < -0.4 is 5.32 Å². The van der Waals surface area contributed by atoms with Gasteiger partial charge in [-0.15, -0.1) is 0 Å². The second-order valence-electron chi connectivity index (χ2n) is 2.98. The molecule has 14 heavy (non-hydrogen) atoms. The number of benzene rings is 1. The first-order valence-electron chi connectivity index (χ1n) is 4.51. The number of hydrogen-bond acceptors (Lipinski definition) is 3. The summed E-state index contributed by atoms with van der Waals surface area (Å²) in [5.41, 5.74) is 0.683. The summed E-state index contributed by atoms with van der Waals surface area (Å²) in [4.78, 5) is 4.23. The average molecular weight is 210 g/mol. The van der Waals surface area contributed by atoms with Crippen LogP contribution in [0.3, 0.4) is 0 Å². The molecule has 1 aromatic rings. The zero-order valence-corrected chi connectivity index (χ0v) is 8.48. The maximum atomic E-state index is 13.2. The van der Waals surface area contributed by atoms with Crippen LogP contribution in [-0.2, 0) is 6.54 Å². The first-order valence-corrected chi connectivity index (χ1v) is 5.49. The van der Waals surface area contributed by atoms with Crippen molar-refractivity contribution in [1.82, 2.24) is 5.32 Å². The van der Waals surface area contributed by atoms with Gasteiger partial charge in [0.2, 0.25) is 0 Å². The number of nitrogens with one attached hydrogen (secondary N) is 1. The van der Waals surface area contributed by atoms with Crippen LogP contribution in [0.1, 0.15) is 5.56 Å². The number of halogens is 1. The summed E-state index contributed by atoms with van der Waals surface area (Å²) in [6, 6.07) is 6.79. The highest BCUT2D eigenvalue weighted by Gasteiger charge is 2.07. The lowest BCUT2D eigenvalue weighted by atomic mass is 10.2. The molecule has 0 fully saturated rings. The Labute approximate surface area is 86.6 Å². The molecule has 1 aliphatic rings. The number of thioether (sulfide) groups is 1. The zero-order chi connectivity index (χ0) is 9.80. The topological polar surface area (TPSA) is 24.4 Å². The Hall–Kier alpha value is -1.03. The van der Waals surface area contributed by atoms with E-state index < -0.39 is 0 Å². The minimum Gasteiger partial charge on any atom is -0.361 e. The molecular weight excluding hydrogens is 199 g/mol. The van der Waals surface area contributed by atoms with Crippen LogP contribution in [0.2, 0.25) is 0 Å². The molecular formula is C10H11FN2S. The maximum Gasteiger partial charge on any atom is 0.156 e. The largest absolute Gasteiger partial charge is 0.361 e. The molecule has 1 heterocycles. The second kappa shape index (κ2) is 4.46. The maximum absolute atomic E-state index is 13.2. The molecule has 0 atom stereocenters. The van der Waals surface area contributed by atoms with Crippen molar-refractivity contribution in [3.8, 4) is 0 Å². The van der Waals surface area contributed by atoms with Gasteiger partial charge in [-0.1, -0.05) is 30.0 Å². The van der Waals surface area contributed by atoms with Crippen LogP contribution in [-0.4, -0.2) is 17.5 Å². The van der Waals surface area contributed by atoms with Crippen LogP contribution in [0, 0.1) is 5.82 Å². The van der Waals surface area contributed by atoms with Gasteiger partial charge < -0.3 is 5.32 Å². The van der Waals surface area contributed by atoms with E-state index in [0.717, 1.165) is 17.5 Å². The first kappa shape index (κ1) is 9.52. The van der Waals surface area contributed by atoms with Gasteiger partial charge in [-0.2, -0.15) is 0 Å². The monoisotopic (exact) mass is 210 g/mol. The van der Waals surface area contributed by atoms with E-state index in [-0.39, 0.29) is 5.82 Å². The number of nitrogens with zero attached hydrogens (tertiary/aromatic N) is 1. The Morgan fingerprint density at radius 3 is 3.00 bits per heavy atom. The number of aliphatic imine (C=N–C) groups is 1. The van der Waals surface area contributed by atoms with Crippen LogP contribution in [0.5, 0.6) is 0 Å². The van der Waals surface area contributed by atoms with Gasteiger partial charge >= 0.3 is 0 Å². The fraction of sp³-hybridized carbons (Fsp3) is 0.300. The van der Waals surface area contributed by atoms with Crippen LogP contribution >= 0.6 is 11.8 Å². The van der Waals surface area contributed by atoms with E-state index in [0.29, 0.717) is 12.1 Å². The normalized spacial score (nSPS) is 15.4. The third-order valence-electron chi connectivity index (χ3n) is 1.97. The average Bonchev–Trinajstić information content (AvgIpc) is 2.69. The SMILES string of the molecule is Fc1ccccc1CNC1=NCCS1. The third kappa shape index (κ3) is 2.26. The van der Waals surface area contributed by atoms with Gasteiger partial charge in [-0.25, -0.2) is 4.39 Å². The number of amidine groups is 1. The number of hydrogen-bond donors (Lipinski definition) is 1. The van der Waals surface area contributed by atoms with E-state index in [4.69, 9.17) is 0 Å². The Morgan fingerprint density at radius 1 is 1.43 bits per heavy atom. The highest BCUT2D eigenvalue weighted by atomic mass is 32.2. The quantitative estimate of drug-likeness (QED) is 0.807. The lowest BCUT2D eigenvalue weighted by Gasteiger charge is -2.05. The summed E-state index contributed by atoms with van der Waals surface area (Å²) < 4.78 is 13.2. The predicted octanol–water partition coefficient (Wildman–Crippen LogP) is 2.02. The third-order valence-corrected chi connectivity index (χ3v) is 2.91. The molecule has 0 saturated heterocycles. The van der Waals surface area contributed by atoms with Gasteiger partial charge in [0.25, 0.3) is 0 Å². The smallest absolute Gasteiger partial charge is 0.156 e. The standard InChI is InChI=1S/C10H11FN2S/c11-9-4-2-1-3-8(9)7-13-10-12-5-6-14-10/h1-4H,5-7H2,(H,12,13). The van der Waals surface area contributed by atoms with Gasteiger partial charge in [0.15, 0.2) is 5.17 Å². The van der Waals surface area contributed by atoms with Crippen molar-refractivity contribution in [1.29, 1.82) is 0 Å². The Morgan fingerprint density at radius 2 is 2.29 bits per heavy atom. The molecule has 74 valence electrons. The lowest BCUT2D eigenvalue weighted by molar-refractivity contribution is 0.606. The summed E-state index contributed by atoms with van der Waals surface area (Å²) in [6.45, 7) is 1.38. The molecule has 0 aliphatic carbocycles. The summed E-state index contributed by atoms with van der Waals surface area (Å²) in [6.07, 6.45) is 0. The molecule has 0 spiro atoms. The molecule has 2 nitrogen and oxygen atoms in total. The van der Waals surface area contributed by atoms with Crippen molar-refractivity contribution in [3.63, 3.8) is 0 Å².